The first-order valence-electron chi connectivity index (χ1n) is 9.88. The number of unbranched alkanes of at least 4 members (excludes halogenated alkanes) is 1. The van der Waals surface area contributed by atoms with Crippen LogP contribution in [0, 0.1) is 11.3 Å². The van der Waals surface area contributed by atoms with E-state index in [0.717, 1.165) is 26.1 Å². The molecule has 0 N–H and O–H groups in total. The molecular formula is C26H24N2. The van der Waals surface area contributed by atoms with Crippen molar-refractivity contribution < 1.29 is 0 Å². The number of fused-ring (bicyclic) bond motifs is 2. The van der Waals surface area contributed by atoms with E-state index in [1.54, 1.807) is 0 Å². The van der Waals surface area contributed by atoms with Gasteiger partial charge in [0.05, 0.1) is 6.07 Å². The van der Waals surface area contributed by atoms with Gasteiger partial charge in [-0.2, -0.15) is 5.26 Å². The molecule has 0 amide bonds. The van der Waals surface area contributed by atoms with Crippen molar-refractivity contribution >= 4 is 21.5 Å². The van der Waals surface area contributed by atoms with Gasteiger partial charge in [0.15, 0.2) is 0 Å². The molecule has 2 nitrogen and oxygen atoms in total. The van der Waals surface area contributed by atoms with E-state index in [-0.39, 0.29) is 0 Å². The summed E-state index contributed by atoms with van der Waals surface area (Å²) in [5.41, 5.74) is 2.69. The van der Waals surface area contributed by atoms with Crippen LogP contribution in [-0.4, -0.2) is 11.4 Å². The Morgan fingerprint density at radius 3 is 1.68 bits per heavy atom. The van der Waals surface area contributed by atoms with Crippen molar-refractivity contribution in [3.05, 3.63) is 96.1 Å². The molecular weight excluding hydrogens is 340 g/mol. The molecule has 0 aliphatic heterocycles. The third kappa shape index (κ3) is 4.06. The van der Waals surface area contributed by atoms with Crippen LogP contribution in [0.2, 0.25) is 0 Å². The van der Waals surface area contributed by atoms with E-state index in [1.165, 1.54) is 32.7 Å². The average Bonchev–Trinajstić information content (AvgIpc) is 2.74. The highest BCUT2D eigenvalue weighted by atomic mass is 15.1. The van der Waals surface area contributed by atoms with Crippen molar-refractivity contribution in [1.29, 1.82) is 5.26 Å². The number of benzene rings is 4. The van der Waals surface area contributed by atoms with Gasteiger partial charge in [0.25, 0.3) is 0 Å². The molecule has 4 aromatic carbocycles. The van der Waals surface area contributed by atoms with Crippen LogP contribution in [0.15, 0.2) is 84.9 Å². The van der Waals surface area contributed by atoms with E-state index in [0.29, 0.717) is 6.42 Å². The van der Waals surface area contributed by atoms with Gasteiger partial charge in [-0.25, -0.2) is 0 Å². The lowest BCUT2D eigenvalue weighted by Gasteiger charge is -2.24. The third-order valence-corrected chi connectivity index (χ3v) is 5.31. The molecule has 0 aromatic heterocycles. The lowest BCUT2D eigenvalue weighted by Crippen LogP contribution is -2.24. The Kier molecular flexibility index (Phi) is 5.66. The van der Waals surface area contributed by atoms with Crippen LogP contribution in [0.25, 0.3) is 21.5 Å². The molecule has 0 unspecified atom stereocenters. The summed E-state index contributed by atoms with van der Waals surface area (Å²) in [5.74, 6) is 0. The van der Waals surface area contributed by atoms with Gasteiger partial charge >= 0.3 is 0 Å². The van der Waals surface area contributed by atoms with Crippen LogP contribution in [0.4, 0.5) is 0 Å². The van der Waals surface area contributed by atoms with Gasteiger partial charge in [0.2, 0.25) is 0 Å². The van der Waals surface area contributed by atoms with Gasteiger partial charge < -0.3 is 0 Å². The molecule has 0 spiro atoms. The third-order valence-electron chi connectivity index (χ3n) is 5.31. The summed E-state index contributed by atoms with van der Waals surface area (Å²) >= 11 is 0. The van der Waals surface area contributed by atoms with Crippen LogP contribution in [0.5, 0.6) is 0 Å². The van der Waals surface area contributed by atoms with E-state index in [1.807, 2.05) is 0 Å². The fourth-order valence-corrected chi connectivity index (χ4v) is 3.94. The summed E-state index contributed by atoms with van der Waals surface area (Å²) in [6.07, 6.45) is 1.49. The van der Waals surface area contributed by atoms with Crippen molar-refractivity contribution in [3.8, 4) is 6.07 Å². The van der Waals surface area contributed by atoms with Crippen molar-refractivity contribution in [3.63, 3.8) is 0 Å². The Labute approximate surface area is 166 Å². The molecule has 0 saturated heterocycles. The minimum absolute atomic E-state index is 0.599. The maximum atomic E-state index is 8.97. The van der Waals surface area contributed by atoms with E-state index in [9.17, 15) is 0 Å². The number of hydrogen-bond donors (Lipinski definition) is 0. The van der Waals surface area contributed by atoms with Crippen LogP contribution in [0.3, 0.4) is 0 Å². The van der Waals surface area contributed by atoms with Crippen LogP contribution >= 0.6 is 0 Å². The Hall–Kier alpha value is -3.15. The molecule has 0 fully saturated rings. The smallest absolute Gasteiger partial charge is 0.0622 e. The van der Waals surface area contributed by atoms with Crippen LogP contribution < -0.4 is 0 Å². The van der Waals surface area contributed by atoms with Gasteiger partial charge in [-0.15, -0.1) is 0 Å². The van der Waals surface area contributed by atoms with Crippen LogP contribution in [-0.2, 0) is 13.1 Å². The second kappa shape index (κ2) is 8.69. The lowest BCUT2D eigenvalue weighted by atomic mass is 10.0. The zero-order chi connectivity index (χ0) is 19.2. The van der Waals surface area contributed by atoms with E-state index < -0.39 is 0 Å². The lowest BCUT2D eigenvalue weighted by molar-refractivity contribution is 0.256. The average molecular weight is 364 g/mol. The second-order valence-corrected chi connectivity index (χ2v) is 7.25. The summed E-state index contributed by atoms with van der Waals surface area (Å²) < 4.78 is 0. The van der Waals surface area contributed by atoms with Gasteiger partial charge in [-0.05, 0) is 45.6 Å². The molecule has 0 aliphatic carbocycles. The monoisotopic (exact) mass is 364 g/mol. The standard InChI is InChI=1S/C26H24N2/c27-17-5-6-18-28(19-23-13-7-11-21-9-1-3-15-25(21)23)20-24-14-8-12-22-10-2-4-16-26(22)24/h1-4,7-16H,5-6,18-20H2. The molecule has 0 atom stereocenters. The first kappa shape index (κ1) is 18.2. The zero-order valence-corrected chi connectivity index (χ0v) is 16.0. The van der Waals surface area contributed by atoms with E-state index in [4.69, 9.17) is 5.26 Å². The first-order chi connectivity index (χ1) is 13.8. The number of rotatable bonds is 7. The molecule has 138 valence electrons. The summed E-state index contributed by atoms with van der Waals surface area (Å²) in [5, 5.41) is 14.2. The maximum Gasteiger partial charge on any atom is 0.0622 e. The van der Waals surface area contributed by atoms with Gasteiger partial charge in [-0.1, -0.05) is 84.9 Å². The molecule has 4 rings (SSSR count). The summed E-state index contributed by atoms with van der Waals surface area (Å²) in [6.45, 7) is 2.69. The Balaban J connectivity index is 1.64. The fraction of sp³-hybridized carbons (Fsp3) is 0.192. The molecule has 28 heavy (non-hydrogen) atoms. The molecule has 0 saturated carbocycles. The topological polar surface area (TPSA) is 27.0 Å². The summed E-state index contributed by atoms with van der Waals surface area (Å²) in [7, 11) is 0. The van der Waals surface area contributed by atoms with Crippen molar-refractivity contribution in [2.24, 2.45) is 0 Å². The molecule has 0 heterocycles. The van der Waals surface area contributed by atoms with Gasteiger partial charge in [-0.3, -0.25) is 4.90 Å². The highest BCUT2D eigenvalue weighted by Crippen LogP contribution is 2.24. The predicted octanol–water partition coefficient (Wildman–Crippen LogP) is 6.30. The largest absolute Gasteiger partial charge is 0.295 e. The van der Waals surface area contributed by atoms with E-state index in [2.05, 4.69) is 95.9 Å². The van der Waals surface area contributed by atoms with E-state index >= 15 is 0 Å². The Bertz CT molecular complexity index is 1030. The second-order valence-electron chi connectivity index (χ2n) is 7.25. The number of nitrogens with zero attached hydrogens (tertiary/aromatic N) is 2. The molecule has 4 aromatic rings. The predicted molar refractivity (Wildman–Crippen MR) is 117 cm³/mol. The first-order valence-corrected chi connectivity index (χ1v) is 9.88. The maximum absolute atomic E-state index is 8.97. The van der Waals surface area contributed by atoms with Crippen molar-refractivity contribution in [2.75, 3.05) is 6.54 Å². The van der Waals surface area contributed by atoms with Crippen molar-refractivity contribution in [2.45, 2.75) is 25.9 Å². The molecule has 0 radical (unpaired) electrons. The summed E-state index contributed by atoms with van der Waals surface area (Å²) in [4.78, 5) is 2.47. The SMILES string of the molecule is N#CCCCN(Cc1cccc2ccccc12)Cc1cccc2ccccc12. The Morgan fingerprint density at radius 1 is 0.643 bits per heavy atom. The Morgan fingerprint density at radius 2 is 1.14 bits per heavy atom. The highest BCUT2D eigenvalue weighted by Gasteiger charge is 2.11. The highest BCUT2D eigenvalue weighted by molar-refractivity contribution is 5.86. The quantitative estimate of drug-likeness (QED) is 0.360. The normalized spacial score (nSPS) is 11.1. The van der Waals surface area contributed by atoms with Crippen molar-refractivity contribution in [1.82, 2.24) is 4.90 Å². The number of nitriles is 1. The molecule has 0 bridgehead atoms. The molecule has 2 heteroatoms. The zero-order valence-electron chi connectivity index (χ0n) is 16.0. The van der Waals surface area contributed by atoms with Gasteiger partial charge in [0, 0.05) is 19.5 Å². The minimum atomic E-state index is 0.599. The number of hydrogen-bond acceptors (Lipinski definition) is 2. The van der Waals surface area contributed by atoms with Gasteiger partial charge in [0.1, 0.15) is 0 Å². The molecule has 0 aliphatic rings. The fourth-order valence-electron chi connectivity index (χ4n) is 3.94. The summed E-state index contributed by atoms with van der Waals surface area (Å²) in [6, 6.07) is 32.5. The minimum Gasteiger partial charge on any atom is -0.295 e. The van der Waals surface area contributed by atoms with Crippen LogP contribution in [0.1, 0.15) is 24.0 Å².